The van der Waals surface area contributed by atoms with Crippen molar-refractivity contribution in [2.24, 2.45) is 0 Å². The third kappa shape index (κ3) is 3.39. The minimum Gasteiger partial charge on any atom is -0.497 e. The molecule has 2 fully saturated rings. The molecule has 8 heteroatoms. The molecule has 5 rings (SSSR count). The number of aliphatic hydroxyl groups excluding tert-OH is 1. The van der Waals surface area contributed by atoms with Crippen LogP contribution in [0.4, 0.5) is 0 Å². The van der Waals surface area contributed by atoms with Gasteiger partial charge in [-0.3, -0.25) is 4.79 Å². The maximum atomic E-state index is 12.9. The number of ether oxygens (including phenoxy) is 2. The maximum absolute atomic E-state index is 12.9. The Morgan fingerprint density at radius 2 is 2.00 bits per heavy atom. The highest BCUT2D eigenvalue weighted by molar-refractivity contribution is 5.92. The molecule has 2 aromatic rings. The number of likely N-dealkylation sites (N-methyl/N-ethyl adjacent to an activating group) is 1. The predicted octanol–water partition coefficient (Wildman–Crippen LogP) is 3.12. The van der Waals surface area contributed by atoms with Gasteiger partial charge in [0.25, 0.3) is 5.91 Å². The Hall–Kier alpha value is -2.97. The van der Waals surface area contributed by atoms with Crippen molar-refractivity contribution in [1.29, 1.82) is 0 Å². The molecule has 1 spiro atoms. The first-order valence-electron chi connectivity index (χ1n) is 12.0. The number of piperidine rings is 1. The van der Waals surface area contributed by atoms with Crippen LogP contribution in [-0.2, 0) is 6.54 Å². The van der Waals surface area contributed by atoms with E-state index in [9.17, 15) is 9.90 Å². The smallest absolute Gasteiger partial charge is 0.270 e. The fourth-order valence-electron chi connectivity index (χ4n) is 6.16. The van der Waals surface area contributed by atoms with E-state index in [2.05, 4.69) is 40.8 Å². The van der Waals surface area contributed by atoms with E-state index in [0.717, 1.165) is 47.7 Å². The number of allylic oxidation sites excluding steroid dienone is 1. The van der Waals surface area contributed by atoms with E-state index >= 15 is 0 Å². The summed E-state index contributed by atoms with van der Waals surface area (Å²) in [6, 6.07) is 7.65. The van der Waals surface area contributed by atoms with Gasteiger partial charge in [0.2, 0.25) is 0 Å². The van der Waals surface area contributed by atoms with Crippen molar-refractivity contribution >= 4 is 5.91 Å². The van der Waals surface area contributed by atoms with Crippen molar-refractivity contribution < 1.29 is 19.4 Å². The maximum Gasteiger partial charge on any atom is 0.270 e. The summed E-state index contributed by atoms with van der Waals surface area (Å²) in [5, 5.41) is 11.5. The number of hydrogen-bond acceptors (Lipinski definition) is 6. The fourth-order valence-corrected chi connectivity index (χ4v) is 6.16. The number of carbonyl (C=O) groups is 1. The van der Waals surface area contributed by atoms with Crippen LogP contribution in [0, 0.1) is 0 Å². The number of aliphatic hydroxyl groups is 1. The molecule has 0 saturated carbocycles. The summed E-state index contributed by atoms with van der Waals surface area (Å²) >= 11 is 0. The topological polar surface area (TPSA) is 81.3 Å². The average Bonchev–Trinajstić information content (AvgIpc) is 3.42. The second kappa shape index (κ2) is 8.67. The van der Waals surface area contributed by atoms with Crippen LogP contribution in [0.3, 0.4) is 0 Å². The highest BCUT2D eigenvalue weighted by Crippen LogP contribution is 2.50. The summed E-state index contributed by atoms with van der Waals surface area (Å²) in [5.74, 6) is 1.70. The Kier molecular flexibility index (Phi) is 5.81. The molecule has 2 N–H and O–H groups in total. The molecule has 1 aromatic heterocycles. The normalized spacial score (nSPS) is 23.9. The molecule has 2 unspecified atom stereocenters. The van der Waals surface area contributed by atoms with E-state index in [1.807, 2.05) is 23.1 Å². The van der Waals surface area contributed by atoms with Gasteiger partial charge < -0.3 is 29.4 Å². The van der Waals surface area contributed by atoms with E-state index in [1.165, 1.54) is 0 Å². The number of hydrogen-bond donors (Lipinski definition) is 2. The second-order valence-electron chi connectivity index (χ2n) is 9.41. The van der Waals surface area contributed by atoms with Gasteiger partial charge in [0, 0.05) is 55.6 Å². The Morgan fingerprint density at radius 1 is 1.24 bits per heavy atom. The largest absolute Gasteiger partial charge is 0.497 e. The van der Waals surface area contributed by atoms with Crippen molar-refractivity contribution in [2.75, 3.05) is 33.9 Å². The lowest BCUT2D eigenvalue weighted by molar-refractivity contribution is -0.0852. The Balaban J connectivity index is 1.50. The monoisotopic (exact) mass is 466 g/mol. The van der Waals surface area contributed by atoms with Gasteiger partial charge in [0.15, 0.2) is 6.35 Å². The van der Waals surface area contributed by atoms with Gasteiger partial charge in [0.05, 0.1) is 19.8 Å². The number of nitrogens with zero attached hydrogens (tertiary/aromatic N) is 3. The van der Waals surface area contributed by atoms with E-state index in [1.54, 1.807) is 20.4 Å². The number of likely N-dealkylation sites (tertiary alicyclic amines) is 1. The molecule has 8 nitrogen and oxygen atoms in total. The predicted molar refractivity (Wildman–Crippen MR) is 129 cm³/mol. The Morgan fingerprint density at radius 3 is 2.62 bits per heavy atom. The molecule has 0 bridgehead atoms. The van der Waals surface area contributed by atoms with Gasteiger partial charge in [-0.15, -0.1) is 0 Å². The SMILES string of the molecule is CCN1C(O)N2Cc3cc(OC)cc(OC)c3C(C)C=C2C12CCN(C(=O)c1ccc[nH]1)CC2. The molecule has 0 aliphatic carbocycles. The lowest BCUT2D eigenvalue weighted by Gasteiger charge is -2.44. The highest BCUT2D eigenvalue weighted by atomic mass is 16.5. The molecule has 0 radical (unpaired) electrons. The first-order valence-corrected chi connectivity index (χ1v) is 12.0. The number of aromatic amines is 1. The number of amides is 1. The first-order chi connectivity index (χ1) is 16.4. The number of carbonyl (C=O) groups excluding carboxylic acids is 1. The van der Waals surface area contributed by atoms with Crippen molar-refractivity contribution in [3.05, 3.63) is 59.1 Å². The lowest BCUT2D eigenvalue weighted by atomic mass is 9.82. The summed E-state index contributed by atoms with van der Waals surface area (Å²) in [6.45, 7) is 6.86. The summed E-state index contributed by atoms with van der Waals surface area (Å²) in [5.41, 5.74) is 3.69. The number of nitrogens with one attached hydrogen (secondary N) is 1. The van der Waals surface area contributed by atoms with E-state index in [-0.39, 0.29) is 17.4 Å². The van der Waals surface area contributed by atoms with Crippen LogP contribution in [0.25, 0.3) is 0 Å². The number of methoxy groups -OCH3 is 2. The zero-order valence-electron chi connectivity index (χ0n) is 20.4. The van der Waals surface area contributed by atoms with Crippen molar-refractivity contribution in [2.45, 2.75) is 51.0 Å². The van der Waals surface area contributed by atoms with Gasteiger partial charge in [-0.25, -0.2) is 4.90 Å². The third-order valence-corrected chi connectivity index (χ3v) is 7.80. The third-order valence-electron chi connectivity index (χ3n) is 7.80. The van der Waals surface area contributed by atoms with Crippen molar-refractivity contribution in [3.8, 4) is 11.5 Å². The molecule has 1 amide bonds. The number of aromatic nitrogens is 1. The van der Waals surface area contributed by atoms with Gasteiger partial charge >= 0.3 is 0 Å². The molecule has 34 heavy (non-hydrogen) atoms. The summed E-state index contributed by atoms with van der Waals surface area (Å²) in [6.07, 6.45) is 4.90. The van der Waals surface area contributed by atoms with Crippen molar-refractivity contribution in [3.63, 3.8) is 0 Å². The standard InChI is InChI=1S/C26H34N4O4/c1-5-30-25(32)29-16-18-14-19(33-3)15-21(34-4)23(18)17(2)13-22(29)26(30)8-11-28(12-9-26)24(31)20-7-6-10-27-20/h6-7,10,13-15,17,25,27,32H,5,8-9,11-12,16H2,1-4H3. The van der Waals surface area contributed by atoms with Crippen LogP contribution >= 0.6 is 0 Å². The molecule has 182 valence electrons. The lowest BCUT2D eigenvalue weighted by Crippen LogP contribution is -2.55. The quantitative estimate of drug-likeness (QED) is 0.721. The summed E-state index contributed by atoms with van der Waals surface area (Å²) < 4.78 is 11.3. The van der Waals surface area contributed by atoms with E-state index < -0.39 is 6.35 Å². The van der Waals surface area contributed by atoms with E-state index in [4.69, 9.17) is 9.47 Å². The molecule has 2 saturated heterocycles. The van der Waals surface area contributed by atoms with Gasteiger partial charge in [-0.2, -0.15) is 0 Å². The molecule has 2 atom stereocenters. The summed E-state index contributed by atoms with van der Waals surface area (Å²) in [4.78, 5) is 22.2. The van der Waals surface area contributed by atoms with Crippen LogP contribution in [0.2, 0.25) is 0 Å². The number of fused-ring (bicyclic) bond motifs is 3. The van der Waals surface area contributed by atoms with Gasteiger partial charge in [-0.05, 0) is 36.6 Å². The van der Waals surface area contributed by atoms with Crippen LogP contribution in [-0.4, -0.2) is 76.4 Å². The molecule has 3 aliphatic rings. The molecule has 3 aliphatic heterocycles. The van der Waals surface area contributed by atoms with Crippen molar-refractivity contribution in [1.82, 2.24) is 19.7 Å². The van der Waals surface area contributed by atoms with Crippen LogP contribution in [0.15, 0.2) is 42.2 Å². The van der Waals surface area contributed by atoms with Crippen LogP contribution in [0.1, 0.15) is 54.2 Å². The zero-order chi connectivity index (χ0) is 24.0. The molecular weight excluding hydrogens is 432 g/mol. The summed E-state index contributed by atoms with van der Waals surface area (Å²) in [7, 11) is 3.35. The molecule has 1 aromatic carbocycles. The second-order valence-corrected chi connectivity index (χ2v) is 9.41. The van der Waals surface area contributed by atoms with Gasteiger partial charge in [0.1, 0.15) is 17.2 Å². The number of benzene rings is 1. The highest BCUT2D eigenvalue weighted by Gasteiger charge is 2.55. The van der Waals surface area contributed by atoms with E-state index in [0.29, 0.717) is 25.3 Å². The Bertz CT molecular complexity index is 1090. The molecular formula is C26H34N4O4. The number of H-pyrrole nitrogens is 1. The zero-order valence-corrected chi connectivity index (χ0v) is 20.4. The van der Waals surface area contributed by atoms with Crippen LogP contribution in [0.5, 0.6) is 11.5 Å². The minimum atomic E-state index is -0.725. The van der Waals surface area contributed by atoms with Crippen LogP contribution < -0.4 is 9.47 Å². The fraction of sp³-hybridized carbons (Fsp3) is 0.500. The first kappa shape index (κ1) is 22.8. The Labute approximate surface area is 200 Å². The number of rotatable bonds is 4. The van der Waals surface area contributed by atoms with Gasteiger partial charge in [-0.1, -0.05) is 19.9 Å². The average molecular weight is 467 g/mol. The minimum absolute atomic E-state index is 0.0331. The molecule has 4 heterocycles.